The first-order valence-electron chi connectivity index (χ1n) is 5.83. The molecule has 2 rings (SSSR count). The summed E-state index contributed by atoms with van der Waals surface area (Å²) in [6.07, 6.45) is 1.59. The molecule has 1 heterocycles. The molecule has 0 saturated carbocycles. The third-order valence-corrected chi connectivity index (χ3v) is 3.55. The lowest BCUT2D eigenvalue weighted by Crippen LogP contribution is -2.27. The van der Waals surface area contributed by atoms with Gasteiger partial charge in [0.15, 0.2) is 0 Å². The molecule has 19 heavy (non-hydrogen) atoms. The quantitative estimate of drug-likeness (QED) is 0.869. The maximum atomic E-state index is 12.0. The lowest BCUT2D eigenvalue weighted by atomic mass is 10.3. The summed E-state index contributed by atoms with van der Waals surface area (Å²) in [6, 6.07) is 13.2. The Morgan fingerprint density at radius 1 is 1.26 bits per heavy atom. The van der Waals surface area contributed by atoms with Gasteiger partial charge in [-0.15, -0.1) is 0 Å². The molecule has 0 spiro atoms. The second kappa shape index (κ2) is 6.24. The van der Waals surface area contributed by atoms with Gasteiger partial charge in [0.05, 0.1) is 22.7 Å². The van der Waals surface area contributed by atoms with Crippen LogP contribution in [0.5, 0.6) is 0 Å². The minimum Gasteiger partial charge on any atom is -0.397 e. The molecule has 0 bridgehead atoms. The molecule has 0 radical (unpaired) electrons. The third-order valence-electron chi connectivity index (χ3n) is 2.62. The fourth-order valence-electron chi connectivity index (χ4n) is 1.51. The Balaban J connectivity index is 1.93. The van der Waals surface area contributed by atoms with E-state index in [2.05, 4.69) is 4.98 Å². The summed E-state index contributed by atoms with van der Waals surface area (Å²) in [7, 11) is 1.77. The Hall–Kier alpha value is -2.01. The van der Waals surface area contributed by atoms with Crippen molar-refractivity contribution in [2.45, 2.75) is 5.03 Å². The number of hydrogen-bond acceptors (Lipinski definition) is 4. The van der Waals surface area contributed by atoms with Crippen LogP contribution in [0.15, 0.2) is 53.7 Å². The summed E-state index contributed by atoms with van der Waals surface area (Å²) < 4.78 is 0. The highest BCUT2D eigenvalue weighted by atomic mass is 32.2. The maximum absolute atomic E-state index is 12.0. The zero-order valence-electron chi connectivity index (χ0n) is 10.6. The standard InChI is InChI=1S/C14H15N3OS/c1-17(12-5-3-2-4-6-12)14(18)10-19-13-8-7-11(15)9-16-13/h2-9H,10,15H2,1H3. The summed E-state index contributed by atoms with van der Waals surface area (Å²) in [4.78, 5) is 17.8. The minimum atomic E-state index is 0.0369. The number of anilines is 2. The van der Waals surface area contributed by atoms with E-state index in [1.54, 1.807) is 24.2 Å². The highest BCUT2D eigenvalue weighted by molar-refractivity contribution is 7.99. The molecular formula is C14H15N3OS. The van der Waals surface area contributed by atoms with Crippen LogP contribution in [0.2, 0.25) is 0 Å². The number of nitrogen functional groups attached to an aromatic ring is 1. The molecule has 0 saturated heterocycles. The number of benzene rings is 1. The lowest BCUT2D eigenvalue weighted by Gasteiger charge is -2.16. The summed E-state index contributed by atoms with van der Waals surface area (Å²) >= 11 is 1.40. The largest absolute Gasteiger partial charge is 0.397 e. The number of amides is 1. The molecule has 0 fully saturated rings. The van der Waals surface area contributed by atoms with Crippen LogP contribution in [0.3, 0.4) is 0 Å². The van der Waals surface area contributed by atoms with E-state index in [1.807, 2.05) is 36.4 Å². The SMILES string of the molecule is CN(C(=O)CSc1ccc(N)cn1)c1ccccc1. The monoisotopic (exact) mass is 273 g/mol. The number of thioether (sulfide) groups is 1. The topological polar surface area (TPSA) is 59.2 Å². The normalized spacial score (nSPS) is 10.2. The Morgan fingerprint density at radius 2 is 2.00 bits per heavy atom. The van der Waals surface area contributed by atoms with E-state index >= 15 is 0 Å². The van der Waals surface area contributed by atoms with Gasteiger partial charge in [0, 0.05) is 12.7 Å². The van der Waals surface area contributed by atoms with E-state index in [9.17, 15) is 4.79 Å². The van der Waals surface area contributed by atoms with E-state index < -0.39 is 0 Å². The number of carbonyl (C=O) groups excluding carboxylic acids is 1. The Morgan fingerprint density at radius 3 is 2.63 bits per heavy atom. The molecule has 1 amide bonds. The molecule has 4 nitrogen and oxygen atoms in total. The van der Waals surface area contributed by atoms with Gasteiger partial charge in [0.25, 0.3) is 0 Å². The highest BCUT2D eigenvalue weighted by Gasteiger charge is 2.11. The van der Waals surface area contributed by atoms with E-state index in [4.69, 9.17) is 5.73 Å². The average Bonchev–Trinajstić information content (AvgIpc) is 2.46. The molecule has 98 valence electrons. The van der Waals surface area contributed by atoms with Crippen molar-refractivity contribution in [3.63, 3.8) is 0 Å². The van der Waals surface area contributed by atoms with E-state index in [0.717, 1.165) is 10.7 Å². The fraction of sp³-hybridized carbons (Fsp3) is 0.143. The van der Waals surface area contributed by atoms with Crippen molar-refractivity contribution in [3.05, 3.63) is 48.7 Å². The Kier molecular flexibility index (Phi) is 4.41. The van der Waals surface area contributed by atoms with Gasteiger partial charge >= 0.3 is 0 Å². The van der Waals surface area contributed by atoms with Gasteiger partial charge in [0.2, 0.25) is 5.91 Å². The predicted molar refractivity (Wildman–Crippen MR) is 79.2 cm³/mol. The minimum absolute atomic E-state index is 0.0369. The van der Waals surface area contributed by atoms with Crippen LogP contribution >= 0.6 is 11.8 Å². The number of carbonyl (C=O) groups is 1. The first-order chi connectivity index (χ1) is 9.16. The zero-order chi connectivity index (χ0) is 13.7. The van der Waals surface area contributed by atoms with Crippen molar-refractivity contribution >= 4 is 29.0 Å². The van der Waals surface area contributed by atoms with Gasteiger partial charge in [-0.05, 0) is 24.3 Å². The first kappa shape index (κ1) is 13.4. The van der Waals surface area contributed by atoms with Gasteiger partial charge in [-0.2, -0.15) is 0 Å². The number of aromatic nitrogens is 1. The van der Waals surface area contributed by atoms with Gasteiger partial charge in [-0.3, -0.25) is 4.79 Å². The fourth-order valence-corrected chi connectivity index (χ4v) is 2.26. The number of nitrogens with two attached hydrogens (primary N) is 1. The summed E-state index contributed by atoms with van der Waals surface area (Å²) in [5, 5.41) is 0.795. The molecule has 0 aliphatic rings. The number of para-hydroxylation sites is 1. The van der Waals surface area contributed by atoms with Crippen LogP contribution < -0.4 is 10.6 Å². The molecule has 5 heteroatoms. The van der Waals surface area contributed by atoms with Crippen LogP contribution in [0.1, 0.15) is 0 Å². The van der Waals surface area contributed by atoms with Gasteiger partial charge < -0.3 is 10.6 Å². The summed E-state index contributed by atoms with van der Waals surface area (Å²) in [5.74, 6) is 0.386. The molecular weight excluding hydrogens is 258 g/mol. The molecule has 0 unspecified atom stereocenters. The lowest BCUT2D eigenvalue weighted by molar-refractivity contribution is -0.115. The third kappa shape index (κ3) is 3.72. The van der Waals surface area contributed by atoms with Crippen LogP contribution in [-0.2, 0) is 4.79 Å². The van der Waals surface area contributed by atoms with Crippen molar-refractivity contribution in [3.8, 4) is 0 Å². The average molecular weight is 273 g/mol. The van der Waals surface area contributed by atoms with Gasteiger partial charge in [-0.1, -0.05) is 30.0 Å². The van der Waals surface area contributed by atoms with Crippen LogP contribution in [0.4, 0.5) is 11.4 Å². The van der Waals surface area contributed by atoms with Gasteiger partial charge in [-0.25, -0.2) is 4.98 Å². The Bertz CT molecular complexity index is 542. The van der Waals surface area contributed by atoms with E-state index in [-0.39, 0.29) is 5.91 Å². The van der Waals surface area contributed by atoms with Crippen molar-refractivity contribution in [2.75, 3.05) is 23.4 Å². The predicted octanol–water partition coefficient (Wildman–Crippen LogP) is 2.42. The molecule has 0 aliphatic carbocycles. The second-order valence-electron chi connectivity index (χ2n) is 4.01. The highest BCUT2D eigenvalue weighted by Crippen LogP contribution is 2.18. The summed E-state index contributed by atoms with van der Waals surface area (Å²) in [5.41, 5.74) is 7.07. The zero-order valence-corrected chi connectivity index (χ0v) is 11.4. The molecule has 0 aliphatic heterocycles. The maximum Gasteiger partial charge on any atom is 0.237 e. The number of rotatable bonds is 4. The van der Waals surface area contributed by atoms with Crippen LogP contribution in [-0.4, -0.2) is 23.7 Å². The first-order valence-corrected chi connectivity index (χ1v) is 6.81. The Labute approximate surface area is 116 Å². The smallest absolute Gasteiger partial charge is 0.237 e. The molecule has 1 aromatic heterocycles. The van der Waals surface area contributed by atoms with Crippen molar-refractivity contribution in [1.29, 1.82) is 0 Å². The molecule has 2 N–H and O–H groups in total. The van der Waals surface area contributed by atoms with Crippen LogP contribution in [0.25, 0.3) is 0 Å². The number of nitrogens with zero attached hydrogens (tertiary/aromatic N) is 2. The van der Waals surface area contributed by atoms with Crippen molar-refractivity contribution in [2.24, 2.45) is 0 Å². The molecule has 2 aromatic rings. The second-order valence-corrected chi connectivity index (χ2v) is 5.00. The summed E-state index contributed by atoms with van der Waals surface area (Å²) in [6.45, 7) is 0. The van der Waals surface area contributed by atoms with Crippen LogP contribution in [0, 0.1) is 0 Å². The van der Waals surface area contributed by atoms with Crippen molar-refractivity contribution < 1.29 is 4.79 Å². The molecule has 0 atom stereocenters. The number of pyridine rings is 1. The van der Waals surface area contributed by atoms with Gasteiger partial charge in [0.1, 0.15) is 0 Å². The molecule has 1 aromatic carbocycles. The number of hydrogen-bond donors (Lipinski definition) is 1. The van der Waals surface area contributed by atoms with E-state index in [1.165, 1.54) is 11.8 Å². The van der Waals surface area contributed by atoms with Crippen molar-refractivity contribution in [1.82, 2.24) is 4.98 Å². The van der Waals surface area contributed by atoms with E-state index in [0.29, 0.717) is 11.4 Å².